The molecule has 0 radical (unpaired) electrons. The highest BCUT2D eigenvalue weighted by Crippen LogP contribution is 2.25. The molecule has 0 saturated heterocycles. The molecule has 1 aromatic carbocycles. The number of Topliss-reactive ketones (excluding diaryl/α,β-unsaturated/α-hetero) is 1. The number of ketones is 1. The highest BCUT2D eigenvalue weighted by atomic mass is 16.6. The molecule has 0 aromatic heterocycles. The van der Waals surface area contributed by atoms with Gasteiger partial charge in [-0.25, -0.2) is 0 Å². The first-order chi connectivity index (χ1) is 7.91. The number of anilines is 1. The van der Waals surface area contributed by atoms with Crippen molar-refractivity contribution >= 4 is 17.2 Å². The van der Waals surface area contributed by atoms with Gasteiger partial charge in [-0.1, -0.05) is 13.0 Å². The summed E-state index contributed by atoms with van der Waals surface area (Å²) in [5.74, 6) is -0.0943. The number of nitrogens with one attached hydrogen (secondary N) is 1. The van der Waals surface area contributed by atoms with Crippen LogP contribution in [0.3, 0.4) is 0 Å². The quantitative estimate of drug-likeness (QED) is 0.629. The zero-order valence-corrected chi connectivity index (χ0v) is 10.2. The molecular weight excluding hydrogens is 220 g/mol. The summed E-state index contributed by atoms with van der Waals surface area (Å²) in [6.45, 7) is 5.50. The summed E-state index contributed by atoms with van der Waals surface area (Å²) in [5, 5.41) is 13.8. The van der Waals surface area contributed by atoms with Crippen LogP contribution in [0.4, 0.5) is 11.4 Å². The molecule has 1 unspecified atom stereocenters. The second kappa shape index (κ2) is 5.43. The monoisotopic (exact) mass is 236 g/mol. The summed E-state index contributed by atoms with van der Waals surface area (Å²) in [7, 11) is 0. The van der Waals surface area contributed by atoms with Gasteiger partial charge in [-0.2, -0.15) is 0 Å². The SMILES string of the molecule is CC(=O)C(C)CNc1ccc(C)cc1[N+](=O)[O-]. The third-order valence-electron chi connectivity index (χ3n) is 2.64. The number of hydrogen-bond donors (Lipinski definition) is 1. The van der Waals surface area contributed by atoms with Gasteiger partial charge in [0.25, 0.3) is 5.69 Å². The lowest BCUT2D eigenvalue weighted by molar-refractivity contribution is -0.384. The molecule has 1 N–H and O–H groups in total. The van der Waals surface area contributed by atoms with Crippen LogP contribution in [0.2, 0.25) is 0 Å². The number of nitrogens with zero attached hydrogens (tertiary/aromatic N) is 1. The minimum atomic E-state index is -0.423. The molecule has 1 atom stereocenters. The van der Waals surface area contributed by atoms with Crippen LogP contribution in [0.5, 0.6) is 0 Å². The number of nitro benzene ring substituents is 1. The molecule has 0 amide bonds. The van der Waals surface area contributed by atoms with Crippen molar-refractivity contribution in [2.24, 2.45) is 5.92 Å². The van der Waals surface area contributed by atoms with Gasteiger partial charge in [0, 0.05) is 18.5 Å². The maximum Gasteiger partial charge on any atom is 0.292 e. The van der Waals surface area contributed by atoms with Crippen LogP contribution in [0.15, 0.2) is 18.2 Å². The van der Waals surface area contributed by atoms with E-state index in [0.717, 1.165) is 5.56 Å². The molecule has 0 heterocycles. The highest BCUT2D eigenvalue weighted by Gasteiger charge is 2.15. The Balaban J connectivity index is 2.84. The van der Waals surface area contributed by atoms with Crippen molar-refractivity contribution in [3.05, 3.63) is 33.9 Å². The number of aryl methyl sites for hydroxylation is 1. The van der Waals surface area contributed by atoms with Crippen LogP contribution < -0.4 is 5.32 Å². The fourth-order valence-corrected chi connectivity index (χ4v) is 1.35. The summed E-state index contributed by atoms with van der Waals surface area (Å²) in [6.07, 6.45) is 0. The van der Waals surface area contributed by atoms with Crippen molar-refractivity contribution in [2.45, 2.75) is 20.8 Å². The Morgan fingerprint density at radius 2 is 2.18 bits per heavy atom. The fraction of sp³-hybridized carbons (Fsp3) is 0.417. The van der Waals surface area contributed by atoms with Crippen LogP contribution >= 0.6 is 0 Å². The maximum absolute atomic E-state index is 11.1. The third kappa shape index (κ3) is 3.55. The maximum atomic E-state index is 11.1. The summed E-state index contributed by atoms with van der Waals surface area (Å²) in [4.78, 5) is 21.5. The van der Waals surface area contributed by atoms with Crippen molar-refractivity contribution in [3.63, 3.8) is 0 Å². The second-order valence-corrected chi connectivity index (χ2v) is 4.17. The van der Waals surface area contributed by atoms with Gasteiger partial charge >= 0.3 is 0 Å². The van der Waals surface area contributed by atoms with E-state index in [1.165, 1.54) is 13.0 Å². The van der Waals surface area contributed by atoms with E-state index < -0.39 is 4.92 Å². The first kappa shape index (κ1) is 13.2. The number of carbonyl (C=O) groups is 1. The highest BCUT2D eigenvalue weighted by molar-refractivity contribution is 5.78. The van der Waals surface area contributed by atoms with E-state index in [9.17, 15) is 14.9 Å². The van der Waals surface area contributed by atoms with Crippen molar-refractivity contribution < 1.29 is 9.72 Å². The predicted molar refractivity (Wildman–Crippen MR) is 66.2 cm³/mol. The molecule has 0 fully saturated rings. The Morgan fingerprint density at radius 3 is 2.71 bits per heavy atom. The molecule has 1 rings (SSSR count). The molecule has 0 saturated carbocycles. The summed E-state index contributed by atoms with van der Waals surface area (Å²) in [5.41, 5.74) is 1.33. The van der Waals surface area contributed by atoms with Gasteiger partial charge in [-0.05, 0) is 25.5 Å². The lowest BCUT2D eigenvalue weighted by Crippen LogP contribution is -2.18. The van der Waals surface area contributed by atoms with Crippen LogP contribution in [-0.2, 0) is 4.79 Å². The molecule has 5 heteroatoms. The van der Waals surface area contributed by atoms with Crippen molar-refractivity contribution in [3.8, 4) is 0 Å². The van der Waals surface area contributed by atoms with Gasteiger partial charge in [0.15, 0.2) is 0 Å². The normalized spacial score (nSPS) is 11.9. The number of benzene rings is 1. The van der Waals surface area contributed by atoms with Crippen molar-refractivity contribution in [1.29, 1.82) is 0 Å². The Kier molecular flexibility index (Phi) is 4.20. The van der Waals surface area contributed by atoms with Gasteiger partial charge in [0.1, 0.15) is 11.5 Å². The smallest absolute Gasteiger partial charge is 0.292 e. The summed E-state index contributed by atoms with van der Waals surface area (Å²) in [6, 6.07) is 4.98. The lowest BCUT2D eigenvalue weighted by Gasteiger charge is -2.11. The number of hydrogen-bond acceptors (Lipinski definition) is 4. The number of carbonyl (C=O) groups excluding carboxylic acids is 1. The van der Waals surface area contributed by atoms with E-state index >= 15 is 0 Å². The Bertz CT molecular complexity index is 443. The van der Waals surface area contributed by atoms with E-state index in [1.54, 1.807) is 26.0 Å². The van der Waals surface area contributed by atoms with E-state index in [2.05, 4.69) is 5.32 Å². The van der Waals surface area contributed by atoms with Crippen LogP contribution in [0, 0.1) is 23.0 Å². The minimum absolute atomic E-state index is 0.0424. The van der Waals surface area contributed by atoms with Crippen LogP contribution in [0.25, 0.3) is 0 Å². The van der Waals surface area contributed by atoms with Gasteiger partial charge in [-0.15, -0.1) is 0 Å². The molecule has 0 spiro atoms. The third-order valence-corrected chi connectivity index (χ3v) is 2.64. The predicted octanol–water partition coefficient (Wildman–Crippen LogP) is 2.54. The lowest BCUT2D eigenvalue weighted by atomic mass is 10.1. The zero-order chi connectivity index (χ0) is 13.0. The average molecular weight is 236 g/mol. The molecule has 5 nitrogen and oxygen atoms in total. The molecular formula is C12H16N2O3. The van der Waals surface area contributed by atoms with E-state index in [4.69, 9.17) is 0 Å². The van der Waals surface area contributed by atoms with Crippen molar-refractivity contribution in [2.75, 3.05) is 11.9 Å². The van der Waals surface area contributed by atoms with Crippen LogP contribution in [0.1, 0.15) is 19.4 Å². The van der Waals surface area contributed by atoms with E-state index in [0.29, 0.717) is 12.2 Å². The molecule has 17 heavy (non-hydrogen) atoms. The second-order valence-electron chi connectivity index (χ2n) is 4.17. The molecule has 1 aromatic rings. The van der Waals surface area contributed by atoms with E-state index in [-0.39, 0.29) is 17.4 Å². The number of rotatable bonds is 5. The van der Waals surface area contributed by atoms with Gasteiger partial charge in [0.2, 0.25) is 0 Å². The van der Waals surface area contributed by atoms with Gasteiger partial charge < -0.3 is 5.32 Å². The average Bonchev–Trinajstić information content (AvgIpc) is 2.26. The summed E-state index contributed by atoms with van der Waals surface area (Å²) < 4.78 is 0. The molecule has 0 aliphatic carbocycles. The first-order valence-electron chi connectivity index (χ1n) is 5.41. The Labute approximate surface area is 100.0 Å². The summed E-state index contributed by atoms with van der Waals surface area (Å²) >= 11 is 0. The largest absolute Gasteiger partial charge is 0.379 e. The molecule has 0 aliphatic heterocycles. The Morgan fingerprint density at radius 1 is 1.53 bits per heavy atom. The van der Waals surface area contributed by atoms with Gasteiger partial charge in [-0.3, -0.25) is 14.9 Å². The number of nitro groups is 1. The van der Waals surface area contributed by atoms with E-state index in [1.807, 2.05) is 0 Å². The van der Waals surface area contributed by atoms with Gasteiger partial charge in [0.05, 0.1) is 4.92 Å². The molecule has 92 valence electrons. The van der Waals surface area contributed by atoms with Crippen LogP contribution in [-0.4, -0.2) is 17.3 Å². The standard InChI is InChI=1S/C12H16N2O3/c1-8-4-5-11(12(6-8)14(16)17)13-7-9(2)10(3)15/h4-6,9,13H,7H2,1-3H3. The fourth-order valence-electron chi connectivity index (χ4n) is 1.35. The molecule has 0 aliphatic rings. The zero-order valence-electron chi connectivity index (χ0n) is 10.2. The molecule has 0 bridgehead atoms. The van der Waals surface area contributed by atoms with Crippen molar-refractivity contribution in [1.82, 2.24) is 0 Å². The Hall–Kier alpha value is -1.91. The minimum Gasteiger partial charge on any atom is -0.379 e. The first-order valence-corrected chi connectivity index (χ1v) is 5.41. The topological polar surface area (TPSA) is 72.2 Å².